The molecule has 0 fully saturated rings. The first kappa shape index (κ1) is 28.7. The second kappa shape index (κ2) is 10.8. The number of carbonyl (C=O) groups is 2. The van der Waals surface area contributed by atoms with E-state index in [9.17, 15) is 23.1 Å². The quantitative estimate of drug-likeness (QED) is 0.359. The molecule has 204 valence electrons. The van der Waals surface area contributed by atoms with Gasteiger partial charge in [-0.05, 0) is 84.0 Å². The zero-order valence-electron chi connectivity index (χ0n) is 22.3. The third-order valence-electron chi connectivity index (χ3n) is 5.35. The third-order valence-corrected chi connectivity index (χ3v) is 7.03. The van der Waals surface area contributed by atoms with Gasteiger partial charge in [0.25, 0.3) is 5.91 Å². The molecule has 2 aromatic carbocycles. The number of hydrogen-bond donors (Lipinski definition) is 3. The van der Waals surface area contributed by atoms with Crippen LogP contribution in [0.5, 0.6) is 17.4 Å². The van der Waals surface area contributed by atoms with Crippen molar-refractivity contribution in [3.8, 4) is 17.4 Å². The van der Waals surface area contributed by atoms with E-state index in [0.29, 0.717) is 11.3 Å². The molecular weight excluding hydrogens is 512 g/mol. The smallest absolute Gasteiger partial charge is 0.356 e. The molecule has 0 aliphatic rings. The van der Waals surface area contributed by atoms with Crippen molar-refractivity contribution in [3.05, 3.63) is 59.3 Å². The van der Waals surface area contributed by atoms with Crippen LogP contribution in [-0.2, 0) is 15.6 Å². The Kier molecular flexibility index (Phi) is 8.18. The molecule has 3 rings (SSSR count). The number of benzene rings is 2. The van der Waals surface area contributed by atoms with E-state index in [1.165, 1.54) is 36.9 Å². The monoisotopic (exact) mass is 544 g/mol. The van der Waals surface area contributed by atoms with Gasteiger partial charge in [-0.2, -0.15) is 5.10 Å². The molecule has 12 heteroatoms. The molecule has 3 N–H and O–H groups in total. The summed E-state index contributed by atoms with van der Waals surface area (Å²) < 4.78 is 41.6. The van der Waals surface area contributed by atoms with E-state index in [1.807, 2.05) is 20.8 Å². The topological polar surface area (TPSA) is 149 Å². The van der Waals surface area contributed by atoms with Crippen LogP contribution in [0.1, 0.15) is 61.0 Å². The SMILES string of the molecule is COc1ccc(C(=O)Nc2ccc(Oc3c(C)c(C(=O)O)nn3C(C)(C)C)c(S(=O)(=O)NC(C)C)c2)cc1. The summed E-state index contributed by atoms with van der Waals surface area (Å²) >= 11 is 0. The Balaban J connectivity index is 2.08. The van der Waals surface area contributed by atoms with Crippen molar-refractivity contribution in [1.29, 1.82) is 0 Å². The highest BCUT2D eigenvalue weighted by atomic mass is 32.2. The number of sulfonamides is 1. The van der Waals surface area contributed by atoms with Crippen molar-refractivity contribution in [2.24, 2.45) is 0 Å². The maximum absolute atomic E-state index is 13.3. The summed E-state index contributed by atoms with van der Waals surface area (Å²) in [5, 5.41) is 16.5. The van der Waals surface area contributed by atoms with Crippen LogP contribution in [0.25, 0.3) is 0 Å². The minimum Gasteiger partial charge on any atom is -0.497 e. The zero-order chi connectivity index (χ0) is 28.4. The second-order valence-electron chi connectivity index (χ2n) is 9.89. The van der Waals surface area contributed by atoms with E-state index in [1.54, 1.807) is 38.1 Å². The molecule has 0 saturated carbocycles. The number of carbonyl (C=O) groups excluding carboxylic acids is 1. The molecule has 0 saturated heterocycles. The van der Waals surface area contributed by atoms with Gasteiger partial charge in [-0.3, -0.25) is 4.79 Å². The van der Waals surface area contributed by atoms with Crippen LogP contribution < -0.4 is 19.5 Å². The molecule has 0 unspecified atom stereocenters. The van der Waals surface area contributed by atoms with Gasteiger partial charge in [0.15, 0.2) is 5.69 Å². The molecule has 0 atom stereocenters. The number of anilines is 1. The summed E-state index contributed by atoms with van der Waals surface area (Å²) in [6, 6.07) is 10.2. The van der Waals surface area contributed by atoms with Crippen molar-refractivity contribution in [2.75, 3.05) is 12.4 Å². The van der Waals surface area contributed by atoms with Gasteiger partial charge in [0.2, 0.25) is 15.9 Å². The Hall–Kier alpha value is -3.90. The number of carboxylic acid groups (broad SMARTS) is 1. The van der Waals surface area contributed by atoms with Crippen LogP contribution >= 0.6 is 0 Å². The zero-order valence-corrected chi connectivity index (χ0v) is 23.1. The van der Waals surface area contributed by atoms with Gasteiger partial charge in [-0.15, -0.1) is 0 Å². The van der Waals surface area contributed by atoms with Gasteiger partial charge in [0.05, 0.1) is 12.6 Å². The number of amides is 1. The molecule has 0 aliphatic carbocycles. The van der Waals surface area contributed by atoms with Gasteiger partial charge >= 0.3 is 5.97 Å². The minimum atomic E-state index is -4.10. The molecule has 38 heavy (non-hydrogen) atoms. The molecule has 1 aromatic heterocycles. The standard InChI is InChI=1S/C26H32N4O7S/c1-15(2)29-38(34,35)21-14-18(27-23(31)17-8-11-19(36-7)12-9-17)10-13-20(21)37-24-16(3)22(25(32)33)28-30(24)26(4,5)6/h8-15,29H,1-7H3,(H,27,31)(H,32,33). The highest BCUT2D eigenvalue weighted by Crippen LogP contribution is 2.36. The molecule has 0 aliphatic heterocycles. The van der Waals surface area contributed by atoms with E-state index >= 15 is 0 Å². The number of nitrogens with one attached hydrogen (secondary N) is 2. The van der Waals surface area contributed by atoms with Crippen molar-refractivity contribution in [2.45, 2.75) is 58.0 Å². The van der Waals surface area contributed by atoms with Crippen molar-refractivity contribution in [1.82, 2.24) is 14.5 Å². The molecule has 11 nitrogen and oxygen atoms in total. The van der Waals surface area contributed by atoms with Gasteiger partial charge in [-0.1, -0.05) is 0 Å². The van der Waals surface area contributed by atoms with Crippen LogP contribution in [0.2, 0.25) is 0 Å². The number of methoxy groups -OCH3 is 1. The van der Waals surface area contributed by atoms with Crippen molar-refractivity contribution in [3.63, 3.8) is 0 Å². The largest absolute Gasteiger partial charge is 0.497 e. The minimum absolute atomic E-state index is 0.0639. The summed E-state index contributed by atoms with van der Waals surface area (Å²) in [7, 11) is -2.58. The molecule has 0 bridgehead atoms. The summed E-state index contributed by atoms with van der Waals surface area (Å²) in [5.74, 6) is -1.07. The van der Waals surface area contributed by atoms with Gasteiger partial charge in [0.1, 0.15) is 16.4 Å². The Morgan fingerprint density at radius 3 is 2.24 bits per heavy atom. The highest BCUT2D eigenvalue weighted by molar-refractivity contribution is 7.89. The normalized spacial score (nSPS) is 11.9. The van der Waals surface area contributed by atoms with Gasteiger partial charge in [0, 0.05) is 22.9 Å². The number of carboxylic acids is 1. The first-order chi connectivity index (χ1) is 17.6. The van der Waals surface area contributed by atoms with Crippen LogP contribution in [0.3, 0.4) is 0 Å². The van der Waals surface area contributed by atoms with E-state index in [-0.39, 0.29) is 33.5 Å². The van der Waals surface area contributed by atoms with Crippen LogP contribution in [0.15, 0.2) is 47.4 Å². The lowest BCUT2D eigenvalue weighted by atomic mass is 10.1. The van der Waals surface area contributed by atoms with Crippen LogP contribution in [-0.4, -0.2) is 48.3 Å². The first-order valence-corrected chi connectivity index (χ1v) is 13.3. The first-order valence-electron chi connectivity index (χ1n) is 11.8. The number of hydrogen-bond acceptors (Lipinski definition) is 7. The number of rotatable bonds is 9. The highest BCUT2D eigenvalue weighted by Gasteiger charge is 2.30. The third kappa shape index (κ3) is 6.32. The fraction of sp³-hybridized carbons (Fsp3) is 0.346. The number of nitrogens with zero attached hydrogens (tertiary/aromatic N) is 2. The Morgan fingerprint density at radius 1 is 1.08 bits per heavy atom. The van der Waals surface area contributed by atoms with Crippen LogP contribution in [0.4, 0.5) is 5.69 Å². The Bertz CT molecular complexity index is 1450. The summed E-state index contributed by atoms with van der Waals surface area (Å²) in [6.45, 7) is 10.3. The number of ether oxygens (including phenoxy) is 2. The summed E-state index contributed by atoms with van der Waals surface area (Å²) in [5.41, 5.74) is -0.0706. The Labute approximate surface area is 221 Å². The van der Waals surface area contributed by atoms with Crippen molar-refractivity contribution >= 4 is 27.6 Å². The lowest BCUT2D eigenvalue weighted by molar-refractivity contribution is 0.0687. The fourth-order valence-electron chi connectivity index (χ4n) is 3.56. The van der Waals surface area contributed by atoms with E-state index in [0.717, 1.165) is 0 Å². The van der Waals surface area contributed by atoms with Crippen molar-refractivity contribution < 1.29 is 32.6 Å². The molecule has 0 spiro atoms. The second-order valence-corrected chi connectivity index (χ2v) is 11.6. The molecule has 0 radical (unpaired) electrons. The fourth-order valence-corrected chi connectivity index (χ4v) is 4.97. The van der Waals surface area contributed by atoms with E-state index in [4.69, 9.17) is 9.47 Å². The van der Waals surface area contributed by atoms with E-state index < -0.39 is 33.5 Å². The van der Waals surface area contributed by atoms with E-state index in [2.05, 4.69) is 15.1 Å². The molecule has 1 heterocycles. The van der Waals surface area contributed by atoms with Crippen LogP contribution in [0, 0.1) is 6.92 Å². The molecular formula is C26H32N4O7S. The predicted molar refractivity (Wildman–Crippen MR) is 142 cm³/mol. The lowest BCUT2D eigenvalue weighted by Crippen LogP contribution is -2.30. The summed E-state index contributed by atoms with van der Waals surface area (Å²) in [4.78, 5) is 24.3. The summed E-state index contributed by atoms with van der Waals surface area (Å²) in [6.07, 6.45) is 0. The van der Waals surface area contributed by atoms with Gasteiger partial charge in [-0.25, -0.2) is 22.6 Å². The van der Waals surface area contributed by atoms with Gasteiger partial charge < -0.3 is 19.9 Å². The average Bonchev–Trinajstić information content (AvgIpc) is 3.15. The number of aromatic nitrogens is 2. The molecule has 1 amide bonds. The maximum atomic E-state index is 13.3. The lowest BCUT2D eigenvalue weighted by Gasteiger charge is -2.23. The molecule has 3 aromatic rings. The number of aromatic carboxylic acids is 1. The predicted octanol–water partition coefficient (Wildman–Crippen LogP) is 4.38. The maximum Gasteiger partial charge on any atom is 0.356 e. The average molecular weight is 545 g/mol. The Morgan fingerprint density at radius 2 is 1.71 bits per heavy atom.